The fourth-order valence-electron chi connectivity index (χ4n) is 3.03. The Balaban J connectivity index is 1.96. The Morgan fingerprint density at radius 3 is 2.70 bits per heavy atom. The van der Waals surface area contributed by atoms with Gasteiger partial charge < -0.3 is 19.7 Å². The molecule has 0 aromatic carbocycles. The number of rotatable bonds is 7. The number of aliphatic hydroxyl groups is 1. The van der Waals surface area contributed by atoms with Crippen LogP contribution in [-0.2, 0) is 0 Å². The lowest BCUT2D eigenvalue weighted by molar-refractivity contribution is 0.0476. The first-order valence-electron chi connectivity index (χ1n) is 8.43. The van der Waals surface area contributed by atoms with Gasteiger partial charge in [-0.2, -0.15) is 0 Å². The smallest absolute Gasteiger partial charge is 0.317 e. The molecule has 1 aliphatic rings. The van der Waals surface area contributed by atoms with Crippen LogP contribution in [0.5, 0.6) is 0 Å². The summed E-state index contributed by atoms with van der Waals surface area (Å²) in [5.41, 5.74) is -0.900. The third-order valence-electron chi connectivity index (χ3n) is 4.15. The van der Waals surface area contributed by atoms with Gasteiger partial charge >= 0.3 is 6.03 Å². The van der Waals surface area contributed by atoms with Gasteiger partial charge in [-0.25, -0.2) is 4.79 Å². The van der Waals surface area contributed by atoms with Gasteiger partial charge in [0.1, 0.15) is 5.76 Å². The molecule has 0 bridgehead atoms. The van der Waals surface area contributed by atoms with Crippen molar-refractivity contribution in [3.63, 3.8) is 0 Å². The van der Waals surface area contributed by atoms with Crippen molar-refractivity contribution < 1.29 is 14.3 Å². The molecule has 1 atom stereocenters. The van der Waals surface area contributed by atoms with Crippen LogP contribution >= 0.6 is 0 Å². The van der Waals surface area contributed by atoms with Gasteiger partial charge in [-0.1, -0.05) is 0 Å². The summed E-state index contributed by atoms with van der Waals surface area (Å²) in [6, 6.07) is 3.76. The molecule has 2 N–H and O–H groups in total. The molecule has 0 saturated carbocycles. The van der Waals surface area contributed by atoms with Crippen LogP contribution in [0.1, 0.15) is 45.4 Å². The largest absolute Gasteiger partial charge is 0.468 e. The first-order valence-corrected chi connectivity index (χ1v) is 8.43. The lowest BCUT2D eigenvalue weighted by Gasteiger charge is -2.30. The maximum absolute atomic E-state index is 12.4. The van der Waals surface area contributed by atoms with E-state index in [2.05, 4.69) is 10.2 Å². The summed E-state index contributed by atoms with van der Waals surface area (Å²) in [6.07, 6.45) is 4.04. The number of amides is 2. The third-order valence-corrected chi connectivity index (χ3v) is 4.15. The first-order chi connectivity index (χ1) is 10.9. The average Bonchev–Trinajstić information content (AvgIpc) is 3.17. The lowest BCUT2D eigenvalue weighted by Crippen LogP contribution is -2.48. The van der Waals surface area contributed by atoms with Crippen LogP contribution in [0.25, 0.3) is 0 Å². The summed E-state index contributed by atoms with van der Waals surface area (Å²) in [5.74, 6) is 0.887. The molecule has 1 aromatic rings. The van der Waals surface area contributed by atoms with E-state index in [4.69, 9.17) is 4.42 Å². The highest BCUT2D eigenvalue weighted by molar-refractivity contribution is 5.74. The molecule has 2 heterocycles. The Morgan fingerprint density at radius 1 is 1.48 bits per heavy atom. The number of carbonyl (C=O) groups excluding carboxylic acids is 1. The van der Waals surface area contributed by atoms with E-state index in [1.807, 2.05) is 19.1 Å². The minimum atomic E-state index is -0.900. The summed E-state index contributed by atoms with van der Waals surface area (Å²) in [6.45, 7) is 8.77. The zero-order chi connectivity index (χ0) is 16.9. The lowest BCUT2D eigenvalue weighted by atomic mass is 10.1. The number of nitrogens with one attached hydrogen (secondary N) is 1. The van der Waals surface area contributed by atoms with E-state index in [9.17, 15) is 9.90 Å². The standard InChI is InChI=1S/C17H29N3O3/c1-4-19(13-17(2,3)22)16(21)18-12-14(15-8-7-11-23-15)20-9-5-6-10-20/h7-8,11,14,22H,4-6,9-10,12-13H2,1-3H3,(H,18,21). The number of hydrogen-bond acceptors (Lipinski definition) is 4. The van der Waals surface area contributed by atoms with Gasteiger partial charge in [-0.3, -0.25) is 4.90 Å². The first kappa shape index (κ1) is 17.8. The summed E-state index contributed by atoms with van der Waals surface area (Å²) < 4.78 is 5.56. The number of carbonyl (C=O) groups is 1. The topological polar surface area (TPSA) is 69.0 Å². The minimum Gasteiger partial charge on any atom is -0.468 e. The number of nitrogens with zero attached hydrogens (tertiary/aromatic N) is 2. The molecule has 0 spiro atoms. The molecule has 1 fully saturated rings. The molecule has 0 radical (unpaired) electrons. The summed E-state index contributed by atoms with van der Waals surface area (Å²) in [4.78, 5) is 16.4. The molecule has 1 aromatic heterocycles. The zero-order valence-corrected chi connectivity index (χ0v) is 14.4. The van der Waals surface area contributed by atoms with Crippen molar-refractivity contribution >= 4 is 6.03 Å². The Morgan fingerprint density at radius 2 is 2.17 bits per heavy atom. The fourth-order valence-corrected chi connectivity index (χ4v) is 3.03. The van der Waals surface area contributed by atoms with Crippen molar-refractivity contribution in [2.45, 2.75) is 45.3 Å². The highest BCUT2D eigenvalue weighted by Gasteiger charge is 2.27. The highest BCUT2D eigenvalue weighted by Crippen LogP contribution is 2.24. The molecule has 1 unspecified atom stereocenters. The molecular weight excluding hydrogens is 294 g/mol. The molecule has 2 rings (SSSR count). The molecule has 6 nitrogen and oxygen atoms in total. The summed E-state index contributed by atoms with van der Waals surface area (Å²) >= 11 is 0. The normalized spacial score (nSPS) is 17.2. The van der Waals surface area contributed by atoms with Crippen molar-refractivity contribution in [1.82, 2.24) is 15.1 Å². The van der Waals surface area contributed by atoms with Crippen molar-refractivity contribution in [3.8, 4) is 0 Å². The van der Waals surface area contributed by atoms with Crippen molar-refractivity contribution in [1.29, 1.82) is 0 Å². The van der Waals surface area contributed by atoms with Crippen molar-refractivity contribution in [2.24, 2.45) is 0 Å². The Kier molecular flexibility index (Phi) is 6.07. The molecule has 2 amide bonds. The predicted molar refractivity (Wildman–Crippen MR) is 89.2 cm³/mol. The number of likely N-dealkylation sites (tertiary alicyclic amines) is 1. The van der Waals surface area contributed by atoms with Gasteiger partial charge in [0, 0.05) is 13.1 Å². The molecular formula is C17H29N3O3. The van der Waals surface area contributed by atoms with E-state index in [-0.39, 0.29) is 12.1 Å². The van der Waals surface area contributed by atoms with Crippen LogP contribution in [0.15, 0.2) is 22.8 Å². The molecule has 1 aliphatic heterocycles. The van der Waals surface area contributed by atoms with Gasteiger partial charge in [0.2, 0.25) is 0 Å². The SMILES string of the molecule is CCN(CC(C)(C)O)C(=O)NCC(c1ccco1)N1CCCC1. The zero-order valence-electron chi connectivity index (χ0n) is 14.4. The van der Waals surface area contributed by atoms with Crippen LogP contribution in [0.3, 0.4) is 0 Å². The fraction of sp³-hybridized carbons (Fsp3) is 0.706. The Labute approximate surface area is 138 Å². The number of urea groups is 1. The number of furan rings is 1. The Hall–Kier alpha value is -1.53. The number of likely N-dealkylation sites (N-methyl/N-ethyl adjacent to an activating group) is 1. The summed E-state index contributed by atoms with van der Waals surface area (Å²) in [7, 11) is 0. The molecule has 0 aliphatic carbocycles. The van der Waals surface area contributed by atoms with E-state index in [1.165, 1.54) is 12.8 Å². The van der Waals surface area contributed by atoms with Crippen LogP contribution in [-0.4, -0.2) is 59.3 Å². The van der Waals surface area contributed by atoms with Crippen molar-refractivity contribution in [3.05, 3.63) is 24.2 Å². The molecule has 6 heteroatoms. The second-order valence-electron chi connectivity index (χ2n) is 6.79. The van der Waals surface area contributed by atoms with Crippen LogP contribution in [0.2, 0.25) is 0 Å². The van der Waals surface area contributed by atoms with Gasteiger partial charge in [0.05, 0.1) is 24.5 Å². The van der Waals surface area contributed by atoms with E-state index < -0.39 is 5.60 Å². The highest BCUT2D eigenvalue weighted by atomic mass is 16.3. The monoisotopic (exact) mass is 323 g/mol. The van der Waals surface area contributed by atoms with Gasteiger partial charge in [-0.15, -0.1) is 0 Å². The maximum atomic E-state index is 12.4. The van der Waals surface area contributed by atoms with Gasteiger partial charge in [0.15, 0.2) is 0 Å². The summed E-state index contributed by atoms with van der Waals surface area (Å²) in [5, 5.41) is 12.9. The van der Waals surface area contributed by atoms with E-state index in [0.29, 0.717) is 19.6 Å². The molecule has 1 saturated heterocycles. The molecule has 130 valence electrons. The predicted octanol–water partition coefficient (Wildman–Crippen LogP) is 2.22. The quantitative estimate of drug-likeness (QED) is 0.807. The molecule has 23 heavy (non-hydrogen) atoms. The van der Waals surface area contributed by atoms with E-state index >= 15 is 0 Å². The van der Waals surface area contributed by atoms with Crippen LogP contribution < -0.4 is 5.32 Å². The maximum Gasteiger partial charge on any atom is 0.317 e. The van der Waals surface area contributed by atoms with Gasteiger partial charge in [-0.05, 0) is 58.8 Å². The van der Waals surface area contributed by atoms with Gasteiger partial charge in [0.25, 0.3) is 0 Å². The minimum absolute atomic E-state index is 0.0669. The van der Waals surface area contributed by atoms with Crippen molar-refractivity contribution in [2.75, 3.05) is 32.7 Å². The second kappa shape index (κ2) is 7.84. The van der Waals surface area contributed by atoms with Crippen LogP contribution in [0.4, 0.5) is 4.79 Å². The third kappa shape index (κ3) is 5.25. The van der Waals surface area contributed by atoms with E-state index in [0.717, 1.165) is 18.8 Å². The van der Waals surface area contributed by atoms with Crippen LogP contribution in [0, 0.1) is 0 Å². The number of hydrogen-bond donors (Lipinski definition) is 2. The average molecular weight is 323 g/mol. The Bertz CT molecular complexity index is 476. The van der Waals surface area contributed by atoms with E-state index in [1.54, 1.807) is 25.0 Å². The second-order valence-corrected chi connectivity index (χ2v) is 6.79.